The van der Waals surface area contributed by atoms with Crippen molar-refractivity contribution >= 4 is 125 Å². The Morgan fingerprint density at radius 2 is 0.979 bits per heavy atom. The van der Waals surface area contributed by atoms with E-state index in [0.29, 0.717) is 135 Å². The third kappa shape index (κ3) is 25.5. The molecule has 6 fully saturated rings. The number of methoxy groups -OCH3 is 1. The van der Waals surface area contributed by atoms with Crippen LogP contribution in [0.3, 0.4) is 0 Å². The molecule has 15 aromatic rings. The van der Waals surface area contributed by atoms with E-state index < -0.39 is 0 Å². The van der Waals surface area contributed by atoms with Crippen molar-refractivity contribution in [2.75, 3.05) is 141 Å². The molecule has 0 spiro atoms. The van der Waals surface area contributed by atoms with Crippen LogP contribution in [-0.4, -0.2) is 185 Å². The lowest BCUT2D eigenvalue weighted by Gasteiger charge is -2.30. The molecule has 33 nitrogen and oxygen atoms in total. The topological polar surface area (TPSA) is 370 Å². The fourth-order valence-corrected chi connectivity index (χ4v) is 18.9. The van der Waals surface area contributed by atoms with Gasteiger partial charge in [-0.15, -0.1) is 12.3 Å². The normalized spacial score (nSPS) is 15.9. The van der Waals surface area contributed by atoms with Gasteiger partial charge in [0, 0.05) is 198 Å². The van der Waals surface area contributed by atoms with E-state index in [9.17, 15) is 19.2 Å². The van der Waals surface area contributed by atoms with Gasteiger partial charge in [-0.05, 0) is 270 Å². The van der Waals surface area contributed by atoms with Crippen molar-refractivity contribution in [1.82, 2.24) is 88.9 Å². The molecule has 21 rings (SSSR count). The van der Waals surface area contributed by atoms with Crippen LogP contribution in [-0.2, 0) is 37.5 Å². The Morgan fingerprint density at radius 3 is 1.48 bits per heavy atom. The number of piperazine rings is 1. The van der Waals surface area contributed by atoms with Gasteiger partial charge in [-0.25, -0.2) is 19.9 Å². The van der Waals surface area contributed by atoms with Crippen molar-refractivity contribution < 1.29 is 13.6 Å². The lowest BCUT2D eigenvalue weighted by Crippen LogP contribution is -2.43. The third-order valence-electron chi connectivity index (χ3n) is 26.7. The van der Waals surface area contributed by atoms with E-state index in [-0.39, 0.29) is 40.3 Å². The molecule has 6 aliphatic rings. The van der Waals surface area contributed by atoms with Crippen LogP contribution in [0, 0.1) is 66.6 Å². The summed E-state index contributed by atoms with van der Waals surface area (Å²) in [7, 11) is 3.77. The summed E-state index contributed by atoms with van der Waals surface area (Å²) in [5.74, 6) is 24.9. The number of pyridine rings is 4. The Morgan fingerprint density at radius 1 is 0.500 bits per heavy atom. The van der Waals surface area contributed by atoms with Crippen LogP contribution in [0.4, 0.5) is 69.3 Å². The third-order valence-corrected chi connectivity index (χ3v) is 27.0. The van der Waals surface area contributed by atoms with Crippen LogP contribution in [0.5, 0.6) is 0 Å². The molecule has 5 saturated heterocycles. The zero-order chi connectivity index (χ0) is 101. The summed E-state index contributed by atoms with van der Waals surface area (Å²) >= 11 is 6.18. The van der Waals surface area contributed by atoms with Crippen molar-refractivity contribution in [1.29, 1.82) is 0 Å². The number of benzene rings is 4. The summed E-state index contributed by atoms with van der Waals surface area (Å²) < 4.78 is 25.0. The summed E-state index contributed by atoms with van der Waals surface area (Å²) in [5.41, 5.74) is 14.2. The lowest BCUT2D eigenvalue weighted by atomic mass is 9.98. The number of halogens is 1. The Kier molecular flexibility index (Phi) is 33.0. The molecule has 11 aromatic heterocycles. The summed E-state index contributed by atoms with van der Waals surface area (Å²) in [5, 5.41) is 40.8. The predicted molar refractivity (Wildman–Crippen MR) is 581 cm³/mol. The van der Waals surface area contributed by atoms with E-state index >= 15 is 0 Å². The van der Waals surface area contributed by atoms with Gasteiger partial charge in [0.05, 0.1) is 72.6 Å². The first-order chi connectivity index (χ1) is 71.3. The fourth-order valence-electron chi connectivity index (χ4n) is 18.7. The Labute approximate surface area is 852 Å². The highest BCUT2D eigenvalue weighted by Gasteiger charge is 2.26. The molecule has 750 valence electrons. The molecule has 16 heterocycles. The number of furan rings is 2. The molecule has 2 unspecified atom stereocenters. The van der Waals surface area contributed by atoms with E-state index in [4.69, 9.17) is 41.6 Å². The maximum absolute atomic E-state index is 13.8. The average molecular weight is 1980 g/mol. The van der Waals surface area contributed by atoms with Crippen molar-refractivity contribution in [3.63, 3.8) is 0 Å². The first-order valence-electron chi connectivity index (χ1n) is 50.3. The fraction of sp³-hybridized carbons (Fsp3) is 0.357. The Bertz CT molecular complexity index is 7650. The van der Waals surface area contributed by atoms with Crippen LogP contribution in [0.25, 0.3) is 44.1 Å². The number of ether oxygens (including phenoxy) is 1. The standard InChI is InChI=1S/C32H38N8O.C29H32N6O2.C26H30N6O2.C25H23ClN6O2/c1-3-38-16-4-5-28(38)22-40-30-26(20-25(31(40)41)7-6-24-10-12-33-13-11-24)21-35-32(37-30)36-27-8-9-29(23(2)19-27)39-17-14-34-15-18-39;1-4-5-20-16-22-17-31-29(33-24-8-6-23(7-9-24)32-25-10-13-30-14-11-25)34-27(22)35(28(20)36)18-21-12-15-37-26(21)19(2)3;1-31-12-11-23(17-31)28-21-7-9-22(10-8-21)29-26-27-16-20-15-19(6-5-18-3-4-18)25(33)32(13-14-34-2)24(20)30-26;1-2-16-12-17-13-28-25(31-23(17)32(24(16)33)15-22-21(26)9-11-34-22)30-19-7-5-18(6-8-19)29-20-4-3-10-27-14-20/h4-5,8-9,16,19-21,24,33-34H,3,10-15,17-18,22H2,1-2H3,(H,35,36,37);6-9,12,15-17,19,25,30,32H,10-11,13-14,18H2,1-3H3,(H,31,33,34);7-10,15-16,18,23,28H,3-4,11-14,17H2,1-2H3,(H,27,29,30);1,5-9,11-13,20,27,29H,3-4,10,14-15H2,(H,28,30,31). The zero-order valence-electron chi connectivity index (χ0n) is 83.4. The minimum absolute atomic E-state index is 0.101. The quantitative estimate of drug-likeness (QED) is 0.0224. The van der Waals surface area contributed by atoms with Gasteiger partial charge in [0.15, 0.2) is 0 Å². The second-order valence-electron chi connectivity index (χ2n) is 37.8. The number of terminal acetylenes is 1. The lowest BCUT2D eigenvalue weighted by molar-refractivity contribution is 0.187. The van der Waals surface area contributed by atoms with E-state index in [1.165, 1.54) is 28.5 Å². The molecule has 2 atom stereocenters. The van der Waals surface area contributed by atoms with Crippen molar-refractivity contribution in [3.8, 4) is 47.9 Å². The highest BCUT2D eigenvalue weighted by atomic mass is 35.5. The van der Waals surface area contributed by atoms with Gasteiger partial charge in [-0.2, -0.15) is 19.9 Å². The van der Waals surface area contributed by atoms with Gasteiger partial charge in [-0.1, -0.05) is 61.0 Å². The van der Waals surface area contributed by atoms with E-state index in [2.05, 4.69) is 227 Å². The largest absolute Gasteiger partial charge is 0.469 e. The van der Waals surface area contributed by atoms with Crippen LogP contribution in [0.2, 0.25) is 5.02 Å². The van der Waals surface area contributed by atoms with Gasteiger partial charge in [0.2, 0.25) is 23.8 Å². The maximum Gasteiger partial charge on any atom is 0.268 e. The molecule has 146 heavy (non-hydrogen) atoms. The van der Waals surface area contributed by atoms with E-state index in [0.717, 1.165) is 209 Å². The van der Waals surface area contributed by atoms with Crippen molar-refractivity contribution in [2.24, 2.45) is 11.8 Å². The van der Waals surface area contributed by atoms with Crippen LogP contribution in [0.15, 0.2) is 211 Å². The second-order valence-corrected chi connectivity index (χ2v) is 38.2. The number of anilines is 12. The SMILES string of the molecule is C#Cc1cc2cnc(Nc3ccc(NC4CCCNC4)cc3)nc2n(Cc2occc2Cl)c1=O.CC#Cc1cc2cnc(Nc3ccc(NC4CCNCC4)cc3)nc2n(Cc2ccoc2C(C)C)c1=O.CCn1cccc1Cn1c(=O)c(C#CC2CCNCC2)cc2cnc(Nc3ccc(N4CCNCC4)c(C)c3)nc21.COCCn1c(=O)c(C#CC2CC2)cc2cnc(Nc3ccc(NC4CCN(C)C4)cc3)nc21. The van der Waals surface area contributed by atoms with Crippen LogP contribution in [0.1, 0.15) is 142 Å². The number of aryl methyl sites for hydroxylation is 2. The maximum atomic E-state index is 13.8. The number of nitrogens with zero attached hydrogens (tertiary/aromatic N) is 15. The summed E-state index contributed by atoms with van der Waals surface area (Å²) in [4.78, 5) is 94.9. The highest BCUT2D eigenvalue weighted by Crippen LogP contribution is 2.33. The minimum atomic E-state index is -0.347. The molecule has 0 bridgehead atoms. The number of nitrogens with one attached hydrogen (secondary N) is 11. The number of piperidine rings is 3. The van der Waals surface area contributed by atoms with Gasteiger partial charge < -0.3 is 86.4 Å². The van der Waals surface area contributed by atoms with E-state index in [1.807, 2.05) is 72.9 Å². The first-order valence-corrected chi connectivity index (χ1v) is 50.7. The van der Waals surface area contributed by atoms with Crippen LogP contribution < -0.4 is 85.6 Å². The number of aromatic nitrogens is 13. The minimum Gasteiger partial charge on any atom is -0.469 e. The second kappa shape index (κ2) is 47.8. The molecule has 11 N–H and O–H groups in total. The van der Waals surface area contributed by atoms with Gasteiger partial charge >= 0.3 is 0 Å². The Hall–Kier alpha value is -15.4. The van der Waals surface area contributed by atoms with Gasteiger partial charge in [-0.3, -0.25) is 37.4 Å². The summed E-state index contributed by atoms with van der Waals surface area (Å²) in [6.45, 7) is 24.9. The number of likely N-dealkylation sites (N-methyl/N-ethyl adjacent to an activating group) is 1. The molecule has 0 radical (unpaired) electrons. The molecular formula is C112H123ClN26O7. The van der Waals surface area contributed by atoms with Crippen molar-refractivity contribution in [2.45, 2.75) is 149 Å². The monoisotopic (exact) mass is 1980 g/mol. The van der Waals surface area contributed by atoms with Crippen LogP contribution >= 0.6 is 11.6 Å². The van der Waals surface area contributed by atoms with Crippen molar-refractivity contribution in [3.05, 3.63) is 280 Å². The predicted octanol–water partition coefficient (Wildman–Crippen LogP) is 15.3. The molecule has 1 aliphatic carbocycles. The highest BCUT2D eigenvalue weighted by molar-refractivity contribution is 6.31. The number of likely N-dealkylation sites (tertiary alicyclic amines) is 1. The average Bonchev–Trinajstić information content (AvgIpc) is 1.01. The molecule has 1 saturated carbocycles. The number of hydrogen-bond donors (Lipinski definition) is 11. The zero-order valence-corrected chi connectivity index (χ0v) is 84.2. The van der Waals surface area contributed by atoms with Gasteiger partial charge in [0.25, 0.3) is 22.2 Å². The number of fused-ring (bicyclic) bond motifs is 4. The summed E-state index contributed by atoms with van der Waals surface area (Å²) in [6.07, 6.45) is 27.6. The summed E-state index contributed by atoms with van der Waals surface area (Å²) in [6, 6.07) is 46.6. The number of rotatable bonds is 26. The molecule has 5 aliphatic heterocycles. The molecule has 4 aromatic carbocycles. The smallest absolute Gasteiger partial charge is 0.268 e. The number of hydrogen-bond acceptors (Lipinski definition) is 28. The molecule has 34 heteroatoms. The Balaban J connectivity index is 0.000000128. The van der Waals surface area contributed by atoms with Gasteiger partial charge in [0.1, 0.15) is 34.1 Å². The molecule has 0 amide bonds. The first kappa shape index (κ1) is 101. The molecular weight excluding hydrogens is 1860 g/mol. The van der Waals surface area contributed by atoms with E-state index in [1.54, 1.807) is 83.1 Å².